The number of aromatic nitrogens is 2. The molecule has 0 saturated carbocycles. The normalized spacial score (nSPS) is 11.0. The predicted molar refractivity (Wildman–Crippen MR) is 88.6 cm³/mol. The van der Waals surface area contributed by atoms with Crippen molar-refractivity contribution in [2.75, 3.05) is 12.5 Å². The van der Waals surface area contributed by atoms with Gasteiger partial charge in [0.25, 0.3) is 0 Å². The SMILES string of the molecule is COc1cc(/C=N\Nc2nc3ccccc3[nH]2)cc([N+](=O)[O-])c1O. The van der Waals surface area contributed by atoms with E-state index in [0.29, 0.717) is 11.5 Å². The molecule has 0 atom stereocenters. The fraction of sp³-hybridized carbons (Fsp3) is 0.0667. The lowest BCUT2D eigenvalue weighted by atomic mass is 10.2. The van der Waals surface area contributed by atoms with Crippen LogP contribution in [-0.4, -0.2) is 33.3 Å². The van der Waals surface area contributed by atoms with E-state index in [4.69, 9.17) is 4.74 Å². The van der Waals surface area contributed by atoms with Crippen molar-refractivity contribution in [1.29, 1.82) is 0 Å². The molecule has 0 bridgehead atoms. The lowest BCUT2D eigenvalue weighted by molar-refractivity contribution is -0.386. The third kappa shape index (κ3) is 2.95. The van der Waals surface area contributed by atoms with Crippen molar-refractivity contribution in [3.05, 3.63) is 52.1 Å². The monoisotopic (exact) mass is 327 g/mol. The first-order valence-corrected chi connectivity index (χ1v) is 6.87. The summed E-state index contributed by atoms with van der Waals surface area (Å²) in [5, 5.41) is 24.7. The number of hydrogen-bond donors (Lipinski definition) is 3. The number of anilines is 1. The molecule has 3 N–H and O–H groups in total. The zero-order valence-electron chi connectivity index (χ0n) is 12.6. The quantitative estimate of drug-likeness (QED) is 0.376. The van der Waals surface area contributed by atoms with Gasteiger partial charge in [-0.25, -0.2) is 10.4 Å². The number of H-pyrrole nitrogens is 1. The van der Waals surface area contributed by atoms with E-state index in [1.54, 1.807) is 0 Å². The molecule has 0 unspecified atom stereocenters. The van der Waals surface area contributed by atoms with Crippen LogP contribution >= 0.6 is 0 Å². The number of hydrogen-bond acceptors (Lipinski definition) is 7. The Morgan fingerprint density at radius 1 is 1.42 bits per heavy atom. The van der Waals surface area contributed by atoms with Crippen LogP contribution in [0.5, 0.6) is 11.5 Å². The zero-order valence-corrected chi connectivity index (χ0v) is 12.6. The van der Waals surface area contributed by atoms with Crippen LogP contribution in [0.3, 0.4) is 0 Å². The van der Waals surface area contributed by atoms with Crippen molar-refractivity contribution in [3.8, 4) is 11.5 Å². The number of nitrogens with zero attached hydrogens (tertiary/aromatic N) is 3. The van der Waals surface area contributed by atoms with Crippen molar-refractivity contribution in [2.24, 2.45) is 5.10 Å². The van der Waals surface area contributed by atoms with Crippen LogP contribution in [-0.2, 0) is 0 Å². The van der Waals surface area contributed by atoms with E-state index in [0.717, 1.165) is 11.0 Å². The Morgan fingerprint density at radius 2 is 2.21 bits per heavy atom. The molecule has 9 heteroatoms. The number of benzene rings is 2. The topological polar surface area (TPSA) is 126 Å². The summed E-state index contributed by atoms with van der Waals surface area (Å²) in [5.74, 6) is -0.0908. The number of aromatic amines is 1. The van der Waals surface area contributed by atoms with Gasteiger partial charge in [-0.1, -0.05) is 12.1 Å². The van der Waals surface area contributed by atoms with Gasteiger partial charge in [-0.15, -0.1) is 0 Å². The van der Waals surface area contributed by atoms with Crippen LogP contribution in [0.1, 0.15) is 5.56 Å². The number of fused-ring (bicyclic) bond motifs is 1. The molecular weight excluding hydrogens is 314 g/mol. The van der Waals surface area contributed by atoms with E-state index < -0.39 is 16.4 Å². The van der Waals surface area contributed by atoms with Crippen LogP contribution in [0, 0.1) is 10.1 Å². The van der Waals surface area contributed by atoms with Crippen LogP contribution in [0.4, 0.5) is 11.6 Å². The minimum absolute atomic E-state index is 0.00520. The van der Waals surface area contributed by atoms with E-state index in [1.165, 1.54) is 25.5 Å². The molecule has 24 heavy (non-hydrogen) atoms. The molecule has 2 aromatic carbocycles. The van der Waals surface area contributed by atoms with E-state index in [1.807, 2.05) is 24.3 Å². The summed E-state index contributed by atoms with van der Waals surface area (Å²) >= 11 is 0. The first-order chi connectivity index (χ1) is 11.6. The molecule has 0 aliphatic carbocycles. The highest BCUT2D eigenvalue weighted by Gasteiger charge is 2.19. The molecule has 3 aromatic rings. The molecule has 0 amide bonds. The van der Waals surface area contributed by atoms with Crippen molar-refractivity contribution in [3.63, 3.8) is 0 Å². The van der Waals surface area contributed by atoms with E-state index >= 15 is 0 Å². The van der Waals surface area contributed by atoms with E-state index in [2.05, 4.69) is 20.5 Å². The standard InChI is InChI=1S/C15H13N5O4/c1-24-13-7-9(6-12(14(13)21)20(22)23)8-16-19-15-17-10-4-2-3-5-11(10)18-15/h2-8,21H,1H3,(H2,17,18,19)/b16-8-. The molecule has 3 rings (SSSR count). The molecule has 1 aromatic heterocycles. The molecule has 0 saturated heterocycles. The Hall–Kier alpha value is -3.62. The minimum atomic E-state index is -0.693. The van der Waals surface area contributed by atoms with Crippen LogP contribution < -0.4 is 10.2 Å². The summed E-state index contributed by atoms with van der Waals surface area (Å²) in [4.78, 5) is 17.6. The van der Waals surface area contributed by atoms with Gasteiger partial charge < -0.3 is 14.8 Å². The molecule has 0 aliphatic rings. The number of nitrogens with one attached hydrogen (secondary N) is 2. The number of phenolic OH excluding ortho intramolecular Hbond substituents is 1. The van der Waals surface area contributed by atoms with Crippen molar-refractivity contribution in [1.82, 2.24) is 9.97 Å². The minimum Gasteiger partial charge on any atom is -0.500 e. The third-order valence-electron chi connectivity index (χ3n) is 3.27. The van der Waals surface area contributed by atoms with Crippen LogP contribution in [0.2, 0.25) is 0 Å². The second kappa shape index (κ2) is 6.24. The Labute approximate surface area is 135 Å². The lowest BCUT2D eigenvalue weighted by Crippen LogP contribution is -1.96. The van der Waals surface area contributed by atoms with Crippen molar-refractivity contribution in [2.45, 2.75) is 0 Å². The summed E-state index contributed by atoms with van der Waals surface area (Å²) in [6, 6.07) is 10.1. The van der Waals surface area contributed by atoms with Gasteiger partial charge in [-0.2, -0.15) is 5.10 Å². The summed E-state index contributed by atoms with van der Waals surface area (Å²) in [6.45, 7) is 0. The number of para-hydroxylation sites is 2. The number of ether oxygens (including phenoxy) is 1. The summed E-state index contributed by atoms with van der Waals surface area (Å²) in [7, 11) is 1.31. The second-order valence-electron chi connectivity index (χ2n) is 4.82. The maximum absolute atomic E-state index is 11.0. The lowest BCUT2D eigenvalue weighted by Gasteiger charge is -2.04. The molecule has 0 aliphatic heterocycles. The van der Waals surface area contributed by atoms with Gasteiger partial charge in [0.2, 0.25) is 11.7 Å². The van der Waals surface area contributed by atoms with Crippen molar-refractivity contribution < 1.29 is 14.8 Å². The van der Waals surface area contributed by atoms with E-state index in [-0.39, 0.29) is 5.75 Å². The third-order valence-corrected chi connectivity index (χ3v) is 3.27. The Bertz CT molecular complexity index is 902. The molecule has 122 valence electrons. The zero-order chi connectivity index (χ0) is 17.1. The summed E-state index contributed by atoms with van der Waals surface area (Å²) in [5.41, 5.74) is 4.29. The Kier molecular flexibility index (Phi) is 3.98. The number of nitro groups is 1. The maximum Gasteiger partial charge on any atom is 0.315 e. The van der Waals surface area contributed by atoms with Gasteiger partial charge >= 0.3 is 5.69 Å². The van der Waals surface area contributed by atoms with Crippen LogP contribution in [0.25, 0.3) is 11.0 Å². The highest BCUT2D eigenvalue weighted by molar-refractivity contribution is 5.84. The number of methoxy groups -OCH3 is 1. The van der Waals surface area contributed by atoms with Gasteiger partial charge in [0.1, 0.15) is 0 Å². The molecule has 0 spiro atoms. The number of nitro benzene ring substituents is 1. The Balaban J connectivity index is 1.83. The maximum atomic E-state index is 11.0. The number of imidazole rings is 1. The van der Waals surface area contributed by atoms with E-state index in [9.17, 15) is 15.2 Å². The number of phenols is 1. The first kappa shape index (κ1) is 15.3. The number of aromatic hydroxyl groups is 1. The smallest absolute Gasteiger partial charge is 0.315 e. The first-order valence-electron chi connectivity index (χ1n) is 6.87. The van der Waals surface area contributed by atoms with Gasteiger partial charge in [-0.3, -0.25) is 10.1 Å². The Morgan fingerprint density at radius 3 is 2.92 bits per heavy atom. The van der Waals surface area contributed by atoms with Gasteiger partial charge in [0.05, 0.1) is 29.3 Å². The van der Waals surface area contributed by atoms with Gasteiger partial charge in [-0.05, 0) is 18.2 Å². The fourth-order valence-electron chi connectivity index (χ4n) is 2.16. The summed E-state index contributed by atoms with van der Waals surface area (Å²) < 4.78 is 4.93. The van der Waals surface area contributed by atoms with Crippen LogP contribution in [0.15, 0.2) is 41.5 Å². The molecule has 1 heterocycles. The molecular formula is C15H13N5O4. The second-order valence-corrected chi connectivity index (χ2v) is 4.82. The predicted octanol–water partition coefficient (Wildman–Crippen LogP) is 2.63. The molecule has 0 fully saturated rings. The number of hydrazone groups is 1. The molecule has 9 nitrogen and oxygen atoms in total. The number of rotatable bonds is 5. The average Bonchev–Trinajstić information content (AvgIpc) is 2.98. The molecule has 0 radical (unpaired) electrons. The van der Waals surface area contributed by atoms with Gasteiger partial charge in [0.15, 0.2) is 5.75 Å². The van der Waals surface area contributed by atoms with Crippen molar-refractivity contribution >= 4 is 28.9 Å². The largest absolute Gasteiger partial charge is 0.500 e. The highest BCUT2D eigenvalue weighted by atomic mass is 16.6. The van der Waals surface area contributed by atoms with Gasteiger partial charge in [0, 0.05) is 11.6 Å². The summed E-state index contributed by atoms with van der Waals surface area (Å²) in [6.07, 6.45) is 1.36. The fourth-order valence-corrected chi connectivity index (χ4v) is 2.16. The average molecular weight is 327 g/mol. The highest BCUT2D eigenvalue weighted by Crippen LogP contribution is 2.36.